The third-order valence-electron chi connectivity index (χ3n) is 1.90. The predicted molar refractivity (Wildman–Crippen MR) is 68.1 cm³/mol. The van der Waals surface area contributed by atoms with Gasteiger partial charge in [-0.2, -0.15) is 13.2 Å². The Hall–Kier alpha value is -2.37. The average molecular weight is 371 g/mol. The van der Waals surface area contributed by atoms with Gasteiger partial charge < -0.3 is 9.97 Å². The lowest BCUT2D eigenvalue weighted by Gasteiger charge is -2.02. The van der Waals surface area contributed by atoms with Gasteiger partial charge in [-0.05, 0) is 15.9 Å². The summed E-state index contributed by atoms with van der Waals surface area (Å²) in [6.07, 6.45) is -3.11. The summed E-state index contributed by atoms with van der Waals surface area (Å²) < 4.78 is 35.8. The number of aromatic nitrogens is 4. The van der Waals surface area contributed by atoms with Crippen LogP contribution in [0.4, 0.5) is 13.2 Å². The molecule has 12 heteroatoms. The van der Waals surface area contributed by atoms with Gasteiger partial charge in [-0.25, -0.2) is 9.59 Å². The first kappa shape index (κ1) is 16.7. The van der Waals surface area contributed by atoms with E-state index in [2.05, 4.69) is 20.9 Å². The highest BCUT2D eigenvalue weighted by atomic mass is 79.9. The van der Waals surface area contributed by atoms with E-state index in [-0.39, 0.29) is 0 Å². The Bertz CT molecular complexity index is 848. The summed E-state index contributed by atoms with van der Waals surface area (Å²) in [5.74, 6) is 0. The highest BCUT2D eigenvalue weighted by molar-refractivity contribution is 9.10. The summed E-state index contributed by atoms with van der Waals surface area (Å²) in [5, 5.41) is 0. The van der Waals surface area contributed by atoms with Crippen LogP contribution in [0.3, 0.4) is 0 Å². The van der Waals surface area contributed by atoms with Crippen LogP contribution in [0, 0.1) is 0 Å². The van der Waals surface area contributed by atoms with Crippen LogP contribution in [0.25, 0.3) is 0 Å². The average Bonchev–Trinajstić information content (AvgIpc) is 2.33. The van der Waals surface area contributed by atoms with Crippen molar-refractivity contribution in [3.05, 3.63) is 64.1 Å². The molecule has 0 radical (unpaired) electrons. The molecule has 2 aromatic rings. The minimum Gasteiger partial charge on any atom is -0.313 e. The van der Waals surface area contributed by atoms with Crippen molar-refractivity contribution in [3.63, 3.8) is 0 Å². The molecule has 0 atom stereocenters. The van der Waals surface area contributed by atoms with Gasteiger partial charge in [0.1, 0.15) is 5.56 Å². The lowest BCUT2D eigenvalue weighted by atomic mass is 10.3. The van der Waals surface area contributed by atoms with E-state index >= 15 is 0 Å². The molecule has 0 unspecified atom stereocenters. The molecule has 0 aliphatic carbocycles. The van der Waals surface area contributed by atoms with Gasteiger partial charge in [0.2, 0.25) is 0 Å². The molecule has 2 heterocycles. The van der Waals surface area contributed by atoms with E-state index < -0.39 is 34.2 Å². The molecule has 0 aromatic carbocycles. The number of aromatic amines is 4. The van der Waals surface area contributed by atoms with Gasteiger partial charge in [0.05, 0.1) is 4.47 Å². The third kappa shape index (κ3) is 4.91. The minimum atomic E-state index is -4.74. The normalized spacial score (nSPS) is 10.7. The number of hydrogen-bond donors (Lipinski definition) is 4. The highest BCUT2D eigenvalue weighted by Gasteiger charge is 2.34. The summed E-state index contributed by atoms with van der Waals surface area (Å²) in [7, 11) is 0. The van der Waals surface area contributed by atoms with Crippen LogP contribution >= 0.6 is 15.9 Å². The molecular formula is C9H6BrF3N4O4. The fourth-order valence-electron chi connectivity index (χ4n) is 1.01. The first-order valence-corrected chi connectivity index (χ1v) is 5.77. The van der Waals surface area contributed by atoms with E-state index in [0.29, 0.717) is 10.7 Å². The second kappa shape index (κ2) is 6.39. The standard InChI is InChI=1S/C5H3F3N2O2.C4H3BrN2O2/c6-5(7,8)2-1-9-4(12)10-3(2)11;5-2-1-6-4(9)7-3(2)8/h1H,(H2,9,10,11,12);1H,(H2,6,7,8,9). The lowest BCUT2D eigenvalue weighted by Crippen LogP contribution is -2.28. The van der Waals surface area contributed by atoms with Gasteiger partial charge in [-0.1, -0.05) is 0 Å². The van der Waals surface area contributed by atoms with Crippen molar-refractivity contribution in [2.75, 3.05) is 0 Å². The molecule has 0 aliphatic rings. The van der Waals surface area contributed by atoms with Gasteiger partial charge in [-0.3, -0.25) is 19.6 Å². The molecule has 0 bridgehead atoms. The van der Waals surface area contributed by atoms with E-state index in [0.717, 1.165) is 0 Å². The van der Waals surface area contributed by atoms with E-state index in [1.807, 2.05) is 4.98 Å². The van der Waals surface area contributed by atoms with Gasteiger partial charge in [0.25, 0.3) is 11.1 Å². The zero-order valence-corrected chi connectivity index (χ0v) is 11.4. The fraction of sp³-hybridized carbons (Fsp3) is 0.111. The number of nitrogens with one attached hydrogen (secondary N) is 4. The SMILES string of the molecule is O=c1[nH]cc(Br)c(=O)[nH]1.O=c1[nH]cc(C(F)(F)F)c(=O)[nH]1. The van der Waals surface area contributed by atoms with Crippen LogP contribution in [-0.2, 0) is 6.18 Å². The molecule has 2 aromatic heterocycles. The van der Waals surface area contributed by atoms with E-state index in [4.69, 9.17) is 0 Å². The molecule has 8 nitrogen and oxygen atoms in total. The predicted octanol–water partition coefficient (Wildman–Crippen LogP) is -0.0923. The molecule has 0 fully saturated rings. The largest absolute Gasteiger partial charge is 0.423 e. The van der Waals surface area contributed by atoms with Gasteiger partial charge in [0, 0.05) is 12.4 Å². The molecule has 0 spiro atoms. The van der Waals surface area contributed by atoms with Crippen molar-refractivity contribution in [1.82, 2.24) is 19.9 Å². The van der Waals surface area contributed by atoms with Crippen molar-refractivity contribution in [2.24, 2.45) is 0 Å². The summed E-state index contributed by atoms with van der Waals surface area (Å²) >= 11 is 2.92. The van der Waals surface area contributed by atoms with E-state index in [1.54, 1.807) is 4.98 Å². The minimum absolute atomic E-state index is 0.321. The van der Waals surface area contributed by atoms with Crippen LogP contribution in [0.1, 0.15) is 5.56 Å². The Morgan fingerprint density at radius 1 is 0.857 bits per heavy atom. The maximum Gasteiger partial charge on any atom is 0.423 e. The summed E-state index contributed by atoms with van der Waals surface area (Å²) in [5.41, 5.74) is -4.73. The fourth-order valence-corrected chi connectivity index (χ4v) is 1.23. The first-order valence-electron chi connectivity index (χ1n) is 4.98. The number of alkyl halides is 3. The summed E-state index contributed by atoms with van der Waals surface area (Å²) in [4.78, 5) is 49.1. The quantitative estimate of drug-likeness (QED) is 0.515. The molecule has 21 heavy (non-hydrogen) atoms. The number of H-pyrrole nitrogens is 4. The first-order chi connectivity index (χ1) is 9.61. The van der Waals surface area contributed by atoms with Crippen LogP contribution in [0.15, 0.2) is 36.0 Å². The Labute approximate surface area is 120 Å². The summed E-state index contributed by atoms with van der Waals surface area (Å²) in [6, 6.07) is 0. The zero-order valence-electron chi connectivity index (χ0n) is 9.80. The third-order valence-corrected chi connectivity index (χ3v) is 2.49. The van der Waals surface area contributed by atoms with Crippen LogP contribution in [0.2, 0.25) is 0 Å². The van der Waals surface area contributed by atoms with E-state index in [9.17, 15) is 32.3 Å². The molecular weight excluding hydrogens is 365 g/mol. The van der Waals surface area contributed by atoms with Crippen molar-refractivity contribution < 1.29 is 13.2 Å². The summed E-state index contributed by atoms with van der Waals surface area (Å²) in [6.45, 7) is 0. The molecule has 0 aliphatic heterocycles. The zero-order chi connectivity index (χ0) is 16.2. The maximum atomic E-state index is 11.8. The second-order valence-electron chi connectivity index (χ2n) is 3.40. The van der Waals surface area contributed by atoms with Crippen molar-refractivity contribution in [2.45, 2.75) is 6.18 Å². The van der Waals surface area contributed by atoms with Crippen molar-refractivity contribution in [3.8, 4) is 0 Å². The number of rotatable bonds is 0. The topological polar surface area (TPSA) is 131 Å². The molecule has 0 saturated carbocycles. The molecule has 0 amide bonds. The molecule has 114 valence electrons. The Kier molecular flexibility index (Phi) is 5.07. The Morgan fingerprint density at radius 2 is 1.33 bits per heavy atom. The molecule has 4 N–H and O–H groups in total. The smallest absolute Gasteiger partial charge is 0.313 e. The van der Waals surface area contributed by atoms with Crippen LogP contribution in [0.5, 0.6) is 0 Å². The Balaban J connectivity index is 0.000000219. The van der Waals surface area contributed by atoms with E-state index in [1.165, 1.54) is 11.2 Å². The maximum absolute atomic E-state index is 11.8. The second-order valence-corrected chi connectivity index (χ2v) is 4.26. The van der Waals surface area contributed by atoms with Crippen molar-refractivity contribution >= 4 is 15.9 Å². The number of hydrogen-bond acceptors (Lipinski definition) is 4. The van der Waals surface area contributed by atoms with Crippen molar-refractivity contribution in [1.29, 1.82) is 0 Å². The lowest BCUT2D eigenvalue weighted by molar-refractivity contribution is -0.139. The van der Waals surface area contributed by atoms with Gasteiger partial charge in [-0.15, -0.1) is 0 Å². The number of halogens is 4. The Morgan fingerprint density at radius 3 is 1.71 bits per heavy atom. The van der Waals surface area contributed by atoms with Crippen LogP contribution < -0.4 is 22.5 Å². The van der Waals surface area contributed by atoms with Gasteiger partial charge in [0.15, 0.2) is 0 Å². The molecule has 2 rings (SSSR count). The van der Waals surface area contributed by atoms with Gasteiger partial charge >= 0.3 is 17.6 Å². The highest BCUT2D eigenvalue weighted by Crippen LogP contribution is 2.24. The molecule has 0 saturated heterocycles. The monoisotopic (exact) mass is 370 g/mol. The van der Waals surface area contributed by atoms with Crippen LogP contribution in [-0.4, -0.2) is 19.9 Å².